The lowest BCUT2D eigenvalue weighted by atomic mass is 9.96. The van der Waals surface area contributed by atoms with Gasteiger partial charge < -0.3 is 33.8 Å². The molecule has 0 N–H and O–H groups in total. The second-order valence-electron chi connectivity index (χ2n) is 18.0. The number of nitrogens with zero attached hydrogens (tertiary/aromatic N) is 7. The van der Waals surface area contributed by atoms with Crippen LogP contribution in [-0.4, -0.2) is 110 Å². The van der Waals surface area contributed by atoms with Gasteiger partial charge in [-0.3, -0.25) is 4.90 Å². The monoisotopic (exact) mass is 721 g/mol. The number of hydrogen-bond donors (Lipinski definition) is 0. The van der Waals surface area contributed by atoms with E-state index in [1.807, 2.05) is 25.7 Å². The number of methoxy groups -OCH3 is 1. The zero-order valence-corrected chi connectivity index (χ0v) is 32.0. The minimum atomic E-state index is -0.509. The Balaban J connectivity index is 0.969. The number of piperazine rings is 1. The molecule has 4 saturated heterocycles. The average molecular weight is 722 g/mol. The van der Waals surface area contributed by atoms with E-state index in [4.69, 9.17) is 24.2 Å². The van der Waals surface area contributed by atoms with E-state index in [2.05, 4.69) is 43.9 Å². The van der Waals surface area contributed by atoms with E-state index < -0.39 is 5.60 Å². The number of piperidine rings is 1. The Bertz CT molecular complexity index is 1900. The largest absolute Gasteiger partial charge is 0.467 e. The smallest absolute Gasteiger partial charge is 0.410 e. The topological polar surface area (TPSA) is 86.7 Å². The number of rotatable bonds is 8. The summed E-state index contributed by atoms with van der Waals surface area (Å²) in [6.45, 7) is 15.1. The van der Waals surface area contributed by atoms with E-state index >= 15 is 0 Å². The Morgan fingerprint density at radius 1 is 0.887 bits per heavy atom. The number of likely N-dealkylation sites (tertiary alicyclic amines) is 1. The Labute approximate surface area is 313 Å². The predicted molar refractivity (Wildman–Crippen MR) is 206 cm³/mol. The third-order valence-electron chi connectivity index (χ3n) is 13.1. The molecule has 5 fully saturated rings. The van der Waals surface area contributed by atoms with Gasteiger partial charge in [0.25, 0.3) is 0 Å². The number of aromatic nitrogens is 2. The summed E-state index contributed by atoms with van der Waals surface area (Å²) in [6.07, 6.45) is 7.61. The molecule has 6 heterocycles. The van der Waals surface area contributed by atoms with Crippen LogP contribution in [0.5, 0.6) is 5.75 Å². The van der Waals surface area contributed by atoms with E-state index in [0.717, 1.165) is 106 Å². The summed E-state index contributed by atoms with van der Waals surface area (Å²) < 4.78 is 17.3. The normalized spacial score (nSPS) is 26.5. The first-order chi connectivity index (χ1) is 25.7. The predicted octanol–water partition coefficient (Wildman–Crippen LogP) is 5.64. The van der Waals surface area contributed by atoms with Crippen molar-refractivity contribution in [1.29, 1.82) is 0 Å². The summed E-state index contributed by atoms with van der Waals surface area (Å²) >= 11 is 0. The zero-order chi connectivity index (χ0) is 36.0. The van der Waals surface area contributed by atoms with E-state index in [-0.39, 0.29) is 25.0 Å². The van der Waals surface area contributed by atoms with Crippen molar-refractivity contribution in [2.45, 2.75) is 89.9 Å². The third kappa shape index (κ3) is 6.25. The number of fused-ring (bicyclic) bond motifs is 7. The summed E-state index contributed by atoms with van der Waals surface area (Å²) in [5.41, 5.74) is 6.09. The first-order valence-electron chi connectivity index (χ1n) is 20.3. The van der Waals surface area contributed by atoms with Crippen molar-refractivity contribution in [3.05, 3.63) is 46.6 Å². The van der Waals surface area contributed by atoms with Crippen molar-refractivity contribution in [1.82, 2.24) is 19.8 Å². The number of aryl methyl sites for hydroxylation is 2. The molecule has 11 nitrogen and oxygen atoms in total. The summed E-state index contributed by atoms with van der Waals surface area (Å²) in [4.78, 5) is 36.4. The van der Waals surface area contributed by atoms with Crippen molar-refractivity contribution in [2.75, 3.05) is 81.0 Å². The molecule has 7 aliphatic rings. The van der Waals surface area contributed by atoms with Crippen LogP contribution in [0.1, 0.15) is 68.8 Å². The molecule has 5 aliphatic heterocycles. The molecule has 0 radical (unpaired) electrons. The molecule has 2 bridgehead atoms. The minimum Gasteiger partial charge on any atom is -0.467 e. The van der Waals surface area contributed by atoms with Crippen LogP contribution in [0.4, 0.5) is 22.2 Å². The van der Waals surface area contributed by atoms with Gasteiger partial charge in [-0.2, -0.15) is 4.98 Å². The second kappa shape index (κ2) is 12.9. The number of amides is 1. The average Bonchev–Trinajstić information content (AvgIpc) is 3.39. The lowest BCUT2D eigenvalue weighted by Crippen LogP contribution is -2.57. The highest BCUT2D eigenvalue weighted by Gasteiger charge is 2.47. The van der Waals surface area contributed by atoms with Gasteiger partial charge in [0.1, 0.15) is 17.2 Å². The van der Waals surface area contributed by atoms with Gasteiger partial charge in [-0.05, 0) is 100 Å². The highest BCUT2D eigenvalue weighted by Crippen LogP contribution is 2.46. The van der Waals surface area contributed by atoms with Gasteiger partial charge in [-0.1, -0.05) is 12.1 Å². The number of anilines is 3. The molecule has 1 saturated carbocycles. The molecule has 4 atom stereocenters. The van der Waals surface area contributed by atoms with Gasteiger partial charge in [0.05, 0.1) is 24.3 Å². The van der Waals surface area contributed by atoms with Crippen molar-refractivity contribution in [2.24, 2.45) is 17.8 Å². The van der Waals surface area contributed by atoms with Gasteiger partial charge in [-0.25, -0.2) is 9.78 Å². The first kappa shape index (κ1) is 33.7. The molecule has 2 aliphatic carbocycles. The van der Waals surface area contributed by atoms with Crippen molar-refractivity contribution in [3.8, 4) is 5.75 Å². The Morgan fingerprint density at radius 3 is 2.43 bits per heavy atom. The molecule has 0 spiro atoms. The van der Waals surface area contributed by atoms with Crippen LogP contribution in [0, 0.1) is 17.8 Å². The molecule has 53 heavy (non-hydrogen) atoms. The standard InChI is InChI=1S/C42H55N7O4/c1-42(2,3)53-41(50)49-31-10-11-32(49)23-47(22-31)39-35-12-13-46(37-16-33(52-25-51-4)15-28-9-8-27-6-5-7-34(27)38(28)37)24-36(35)43-40(44-39)48-18-26(19-48)17-45-20-29-14-30(29)21-45/h8-9,15-16,26,29-32H,5-7,10-14,17-25H2,1-4H3/t29?,30?,31-,32+. The van der Waals surface area contributed by atoms with Gasteiger partial charge in [0.2, 0.25) is 5.95 Å². The number of carbonyl (C=O) groups is 1. The zero-order valence-electron chi connectivity index (χ0n) is 32.0. The molecule has 1 aromatic heterocycles. The van der Waals surface area contributed by atoms with E-state index in [0.29, 0.717) is 5.92 Å². The summed E-state index contributed by atoms with van der Waals surface area (Å²) in [5.74, 6) is 5.39. The van der Waals surface area contributed by atoms with E-state index in [1.54, 1.807) is 7.11 Å². The minimum absolute atomic E-state index is 0.126. The first-order valence-corrected chi connectivity index (χ1v) is 20.3. The molecular formula is C42H55N7O4. The maximum absolute atomic E-state index is 13.4. The van der Waals surface area contributed by atoms with Gasteiger partial charge in [-0.15, -0.1) is 0 Å². The van der Waals surface area contributed by atoms with Crippen LogP contribution >= 0.6 is 0 Å². The van der Waals surface area contributed by atoms with Crippen LogP contribution in [0.2, 0.25) is 0 Å². The van der Waals surface area contributed by atoms with Gasteiger partial charge in [0, 0.05) is 88.1 Å². The van der Waals surface area contributed by atoms with Crippen molar-refractivity contribution >= 4 is 34.3 Å². The third-order valence-corrected chi connectivity index (χ3v) is 13.1. The molecule has 282 valence electrons. The fourth-order valence-electron chi connectivity index (χ4n) is 10.5. The molecule has 1 amide bonds. The molecule has 3 aromatic rings. The SMILES string of the molecule is COCOc1cc(N2CCc3c(nc(N4CC(CN5CC6CC6C5)C4)nc3N3C[C@H]4CC[C@@H](C3)N4C(=O)OC(C)(C)C)C2)c2c3c(ccc2c1)CCC3. The Kier molecular flexibility index (Phi) is 8.20. The molecular weight excluding hydrogens is 667 g/mol. The van der Waals surface area contributed by atoms with Crippen LogP contribution in [0.25, 0.3) is 10.8 Å². The van der Waals surface area contributed by atoms with E-state index in [1.165, 1.54) is 65.6 Å². The maximum atomic E-state index is 13.4. The number of benzene rings is 2. The van der Waals surface area contributed by atoms with E-state index in [9.17, 15) is 4.79 Å². The Morgan fingerprint density at radius 2 is 1.68 bits per heavy atom. The molecule has 11 heteroatoms. The molecule has 10 rings (SSSR count). The Hall–Kier alpha value is -3.83. The number of carbonyl (C=O) groups excluding carboxylic acids is 1. The fraction of sp³-hybridized carbons (Fsp3) is 0.643. The lowest BCUT2D eigenvalue weighted by Gasteiger charge is -2.44. The summed E-state index contributed by atoms with van der Waals surface area (Å²) in [5, 5.41) is 2.59. The fourth-order valence-corrected chi connectivity index (χ4v) is 10.5. The molecule has 2 unspecified atom stereocenters. The van der Waals surface area contributed by atoms with Crippen molar-refractivity contribution < 1.29 is 19.0 Å². The summed E-state index contributed by atoms with van der Waals surface area (Å²) in [7, 11) is 1.67. The highest BCUT2D eigenvalue weighted by atomic mass is 16.7. The molecule has 2 aromatic carbocycles. The highest BCUT2D eigenvalue weighted by molar-refractivity contribution is 5.99. The van der Waals surface area contributed by atoms with Gasteiger partial charge in [0.15, 0.2) is 6.79 Å². The van der Waals surface area contributed by atoms with Crippen LogP contribution in [-0.2, 0) is 35.3 Å². The van der Waals surface area contributed by atoms with Crippen LogP contribution in [0.3, 0.4) is 0 Å². The quantitative estimate of drug-likeness (QED) is 0.273. The van der Waals surface area contributed by atoms with Crippen LogP contribution in [0.15, 0.2) is 24.3 Å². The van der Waals surface area contributed by atoms with Gasteiger partial charge >= 0.3 is 6.09 Å². The number of ether oxygens (including phenoxy) is 3. The maximum Gasteiger partial charge on any atom is 0.410 e. The lowest BCUT2D eigenvalue weighted by molar-refractivity contribution is 0.0122. The second-order valence-corrected chi connectivity index (χ2v) is 18.0. The summed E-state index contributed by atoms with van der Waals surface area (Å²) in [6, 6.07) is 9.24. The van der Waals surface area contributed by atoms with Crippen LogP contribution < -0.4 is 19.4 Å². The number of hydrogen-bond acceptors (Lipinski definition) is 10. The van der Waals surface area contributed by atoms with Crippen molar-refractivity contribution in [3.63, 3.8) is 0 Å².